The number of anilines is 1. The largest absolute Gasteiger partial charge is 0.333 e. The van der Waals surface area contributed by atoms with Crippen molar-refractivity contribution in [3.05, 3.63) is 46.6 Å². The first kappa shape index (κ1) is 24.9. The topological polar surface area (TPSA) is 142 Å². The predicted molar refractivity (Wildman–Crippen MR) is 145 cm³/mol. The van der Waals surface area contributed by atoms with E-state index in [1.165, 1.54) is 17.5 Å². The number of amidine groups is 1. The summed E-state index contributed by atoms with van der Waals surface area (Å²) in [7, 11) is -7.90. The minimum absolute atomic E-state index is 0.152. The molecule has 7 fully saturated rings. The number of hydrogen-bond acceptors (Lipinski definition) is 8. The predicted octanol–water partition coefficient (Wildman–Crippen LogP) is 1.66. The fourth-order valence-electron chi connectivity index (χ4n) is 9.89. The molecule has 2 aliphatic heterocycles. The van der Waals surface area contributed by atoms with Gasteiger partial charge in [-0.25, -0.2) is 17.5 Å². The molecule has 8 aliphatic rings. The van der Waals surface area contributed by atoms with Crippen LogP contribution in [0.4, 0.5) is 9.39 Å². The Morgan fingerprint density at radius 3 is 2.32 bits per heavy atom. The Morgan fingerprint density at radius 2 is 1.66 bits per heavy atom. The number of Topliss-reactive ketones (excluding diaryl/α,β-unsaturated/α-hetero) is 1. The van der Waals surface area contributed by atoms with Gasteiger partial charge >= 0.3 is 0 Å². The summed E-state index contributed by atoms with van der Waals surface area (Å²) in [6.07, 6.45) is 0.979. The summed E-state index contributed by atoms with van der Waals surface area (Å²) < 4.78 is 69.9. The third-order valence-corrected chi connectivity index (χ3v) is 14.0. The van der Waals surface area contributed by atoms with Crippen molar-refractivity contribution >= 4 is 53.9 Å². The minimum Gasteiger partial charge on any atom is -0.333 e. The average molecular weight is 617 g/mol. The Labute approximate surface area is 239 Å². The van der Waals surface area contributed by atoms with Crippen LogP contribution < -0.4 is 10.0 Å². The summed E-state index contributed by atoms with van der Waals surface area (Å²) in [6.45, 7) is -0.0214. The molecule has 2 bridgehead atoms. The highest BCUT2D eigenvalue weighted by Gasteiger charge is 2.92. The zero-order valence-corrected chi connectivity index (χ0v) is 24.0. The third kappa shape index (κ3) is 3.16. The number of benzene rings is 1. The van der Waals surface area contributed by atoms with Crippen molar-refractivity contribution in [1.82, 2.24) is 9.62 Å². The van der Waals surface area contributed by atoms with Gasteiger partial charge in [-0.2, -0.15) is 8.42 Å². The van der Waals surface area contributed by atoms with Crippen molar-refractivity contribution in [3.63, 3.8) is 0 Å². The van der Waals surface area contributed by atoms with Crippen molar-refractivity contribution in [1.29, 1.82) is 0 Å². The maximum atomic E-state index is 14.3. The zero-order valence-electron chi connectivity index (χ0n) is 21.6. The van der Waals surface area contributed by atoms with Crippen LogP contribution in [0.5, 0.6) is 0 Å². The van der Waals surface area contributed by atoms with E-state index in [4.69, 9.17) is 0 Å². The summed E-state index contributed by atoms with van der Waals surface area (Å²) in [5.74, 6) is 1.01. The molecular weight excluding hydrogens is 592 g/mol. The lowest BCUT2D eigenvalue weighted by atomic mass is 9.57. The van der Waals surface area contributed by atoms with E-state index in [0.29, 0.717) is 41.4 Å². The molecule has 9 unspecified atom stereocenters. The van der Waals surface area contributed by atoms with Gasteiger partial charge in [-0.15, -0.1) is 15.7 Å². The molecule has 3 heterocycles. The van der Waals surface area contributed by atoms with E-state index in [9.17, 15) is 30.8 Å². The van der Waals surface area contributed by atoms with Gasteiger partial charge in [-0.3, -0.25) is 9.59 Å². The number of nitrogens with zero attached hydrogens (tertiary/aromatic N) is 2. The number of carbonyl (C=O) groups excluding carboxylic acids is 2. The smallest absolute Gasteiger partial charge is 0.287 e. The van der Waals surface area contributed by atoms with Crippen LogP contribution in [0.3, 0.4) is 0 Å². The molecule has 1 saturated heterocycles. The zero-order chi connectivity index (χ0) is 28.3. The molecule has 14 heteroatoms. The van der Waals surface area contributed by atoms with E-state index in [0.717, 1.165) is 23.2 Å². The molecule has 10 nitrogen and oxygen atoms in total. The molecule has 1 aromatic carbocycles. The lowest BCUT2D eigenvalue weighted by Crippen LogP contribution is -2.67. The Hall–Kier alpha value is -2.68. The Bertz CT molecular complexity index is 1820. The molecule has 6 aliphatic carbocycles. The second kappa shape index (κ2) is 7.63. The number of halogens is 1. The molecule has 0 spiro atoms. The summed E-state index contributed by atoms with van der Waals surface area (Å²) >= 11 is 1.05. The first-order valence-corrected chi connectivity index (χ1v) is 17.9. The SMILES string of the molecule is CS(=O)(=O)NCc1csc2c1S(=O)(=O)N=C(C1C(=O)C3C4C5C6C7C4C7C(C56)C3N(Cc3ccc(F)cc3)C1=O)N2. The standard InChI is InChI=1S/C27H25FN4O6S3/c1-40(35,36)29-6-10-8-39-26-24(10)41(37,38)31-25(30-26)21-23(33)20-18-14-12-13-15(18)17(13)19(16(12)14)22(20)32(27(21)34)7-9-2-4-11(28)5-3-9/h2-5,8,12-22,29H,6-7H2,1H3,(H,30,31). The Kier molecular flexibility index (Phi) is 4.63. The van der Waals surface area contributed by atoms with E-state index in [1.807, 2.05) is 0 Å². The maximum absolute atomic E-state index is 14.3. The fourth-order valence-corrected chi connectivity index (χ4v) is 13.0. The van der Waals surface area contributed by atoms with E-state index >= 15 is 0 Å². The van der Waals surface area contributed by atoms with Gasteiger partial charge in [0.1, 0.15) is 21.5 Å². The fraction of sp³-hybridized carbons (Fsp3) is 0.519. The molecule has 2 N–H and O–H groups in total. The number of hydrogen-bond donors (Lipinski definition) is 2. The summed E-state index contributed by atoms with van der Waals surface area (Å²) in [5, 5.41) is 4.70. The lowest BCUT2D eigenvalue weighted by Gasteiger charge is -2.55. The molecule has 1 aromatic heterocycles. The molecule has 6 saturated carbocycles. The summed E-state index contributed by atoms with van der Waals surface area (Å²) in [5.41, 5.74) is 0.979. The number of amides is 1. The number of likely N-dealkylation sites (tertiary alicyclic amines) is 1. The van der Waals surface area contributed by atoms with Crippen LogP contribution in [0.25, 0.3) is 0 Å². The number of carbonyl (C=O) groups is 2. The van der Waals surface area contributed by atoms with Gasteiger partial charge < -0.3 is 10.2 Å². The first-order valence-electron chi connectivity index (χ1n) is 13.7. The van der Waals surface area contributed by atoms with E-state index in [2.05, 4.69) is 14.4 Å². The second-order valence-electron chi connectivity index (χ2n) is 12.7. The van der Waals surface area contributed by atoms with Crippen LogP contribution in [0, 0.1) is 65.0 Å². The molecule has 41 heavy (non-hydrogen) atoms. The van der Waals surface area contributed by atoms with Gasteiger partial charge in [0.2, 0.25) is 15.9 Å². The summed E-state index contributed by atoms with van der Waals surface area (Å²) in [4.78, 5) is 30.2. The van der Waals surface area contributed by atoms with Crippen LogP contribution in [0.2, 0.25) is 0 Å². The molecule has 10 rings (SSSR count). The third-order valence-electron chi connectivity index (χ3n) is 10.9. The van der Waals surface area contributed by atoms with Crippen molar-refractivity contribution in [3.8, 4) is 0 Å². The van der Waals surface area contributed by atoms with E-state index in [-0.39, 0.29) is 63.9 Å². The first-order chi connectivity index (χ1) is 19.5. The van der Waals surface area contributed by atoms with Crippen molar-refractivity contribution in [2.45, 2.75) is 24.0 Å². The summed E-state index contributed by atoms with van der Waals surface area (Å²) in [6, 6.07) is 5.75. The normalized spacial score (nSPS) is 41.5. The number of thiophene rings is 1. The van der Waals surface area contributed by atoms with Crippen LogP contribution in [-0.4, -0.2) is 51.6 Å². The monoisotopic (exact) mass is 616 g/mol. The molecule has 2 aromatic rings. The molecular formula is C27H25FN4O6S3. The van der Waals surface area contributed by atoms with Crippen molar-refractivity contribution < 1.29 is 30.8 Å². The second-order valence-corrected chi connectivity index (χ2v) is 16.9. The number of sulfonamides is 2. The van der Waals surface area contributed by atoms with Crippen molar-refractivity contribution in [2.24, 2.45) is 63.6 Å². The van der Waals surface area contributed by atoms with Crippen LogP contribution in [0.1, 0.15) is 11.1 Å². The van der Waals surface area contributed by atoms with Gasteiger partial charge in [0, 0.05) is 30.6 Å². The highest BCUT2D eigenvalue weighted by atomic mass is 32.2. The number of fused-ring (bicyclic) bond motifs is 1. The van der Waals surface area contributed by atoms with E-state index in [1.54, 1.807) is 17.0 Å². The van der Waals surface area contributed by atoms with Gasteiger partial charge in [0.15, 0.2) is 11.7 Å². The minimum atomic E-state index is -4.33. The quantitative estimate of drug-likeness (QED) is 0.470. The molecule has 0 radical (unpaired) electrons. The van der Waals surface area contributed by atoms with Crippen molar-refractivity contribution in [2.75, 3.05) is 11.6 Å². The number of ketones is 1. The number of piperidine rings is 1. The average Bonchev–Trinajstić information content (AvgIpc) is 3.68. The lowest BCUT2D eigenvalue weighted by molar-refractivity contribution is -0.163. The van der Waals surface area contributed by atoms with Gasteiger partial charge in [0.05, 0.1) is 6.26 Å². The van der Waals surface area contributed by atoms with Gasteiger partial charge in [-0.05, 0) is 70.4 Å². The molecule has 9 atom stereocenters. The molecule has 1 amide bonds. The Morgan fingerprint density at radius 1 is 1.02 bits per heavy atom. The van der Waals surface area contributed by atoms with Crippen LogP contribution in [-0.2, 0) is 42.7 Å². The van der Waals surface area contributed by atoms with Gasteiger partial charge in [-0.1, -0.05) is 12.1 Å². The van der Waals surface area contributed by atoms with E-state index < -0.39 is 31.9 Å². The number of rotatable bonds is 6. The number of nitrogens with one attached hydrogen (secondary N) is 2. The molecule has 214 valence electrons. The van der Waals surface area contributed by atoms with Gasteiger partial charge in [0.25, 0.3) is 10.0 Å². The Balaban J connectivity index is 1.10. The maximum Gasteiger partial charge on any atom is 0.287 e. The highest BCUT2D eigenvalue weighted by Crippen LogP contribution is 2.93. The highest BCUT2D eigenvalue weighted by molar-refractivity contribution is 7.91. The van der Waals surface area contributed by atoms with Crippen LogP contribution >= 0.6 is 11.3 Å². The van der Waals surface area contributed by atoms with Crippen LogP contribution in [0.15, 0.2) is 38.9 Å².